The van der Waals surface area contributed by atoms with E-state index in [1.165, 1.54) is 5.56 Å². The van der Waals surface area contributed by atoms with Gasteiger partial charge in [0, 0.05) is 38.2 Å². The second kappa shape index (κ2) is 3.88. The molecule has 2 N–H and O–H groups in total. The van der Waals surface area contributed by atoms with E-state index >= 15 is 0 Å². The van der Waals surface area contributed by atoms with Gasteiger partial charge in [0.25, 0.3) is 0 Å². The highest BCUT2D eigenvalue weighted by atomic mass is 15.2. The molecule has 0 amide bonds. The lowest BCUT2D eigenvalue weighted by atomic mass is 10.00. The topological polar surface area (TPSA) is 46.6 Å². The Kier molecular flexibility index (Phi) is 2.38. The van der Waals surface area contributed by atoms with Gasteiger partial charge in [0.05, 0.1) is 0 Å². The molecule has 84 valence electrons. The quantitative estimate of drug-likeness (QED) is 0.822. The van der Waals surface area contributed by atoms with Crippen LogP contribution in [0.2, 0.25) is 0 Å². The van der Waals surface area contributed by atoms with Crippen molar-refractivity contribution in [2.75, 3.05) is 19.6 Å². The lowest BCUT2D eigenvalue weighted by Gasteiger charge is -2.38. The highest BCUT2D eigenvalue weighted by Crippen LogP contribution is 2.17. The summed E-state index contributed by atoms with van der Waals surface area (Å²) in [4.78, 5) is 6.71. The second-order valence-corrected chi connectivity index (χ2v) is 4.52. The third kappa shape index (κ3) is 1.70. The van der Waals surface area contributed by atoms with Gasteiger partial charge in [0.2, 0.25) is 0 Å². The van der Waals surface area contributed by atoms with Crippen LogP contribution < -0.4 is 5.73 Å². The number of fused-ring (bicyclic) bond motifs is 1. The Morgan fingerprint density at radius 2 is 2.25 bits per heavy atom. The minimum atomic E-state index is 0.704. The molecule has 2 aromatic heterocycles. The van der Waals surface area contributed by atoms with Gasteiger partial charge in [0.1, 0.15) is 5.65 Å². The molecule has 3 heterocycles. The van der Waals surface area contributed by atoms with E-state index in [1.807, 2.05) is 16.8 Å². The third-order valence-corrected chi connectivity index (χ3v) is 3.23. The molecule has 3 rings (SSSR count). The zero-order valence-corrected chi connectivity index (χ0v) is 9.21. The summed E-state index contributed by atoms with van der Waals surface area (Å²) in [6.07, 6.45) is 5.86. The first-order valence-electron chi connectivity index (χ1n) is 5.69. The normalized spacial score (nSPS) is 17.8. The molecule has 1 aliphatic heterocycles. The van der Waals surface area contributed by atoms with Gasteiger partial charge in [-0.25, -0.2) is 4.98 Å². The maximum absolute atomic E-state index is 5.61. The zero-order valence-electron chi connectivity index (χ0n) is 9.21. The van der Waals surface area contributed by atoms with E-state index < -0.39 is 0 Å². The first kappa shape index (κ1) is 9.81. The molecule has 0 unspecified atom stereocenters. The highest BCUT2D eigenvalue weighted by Gasteiger charge is 2.24. The standard InChI is InChI=1S/C12H16N4/c13-6-11-8-15(9-11)7-10-1-3-16-4-2-14-12(16)5-10/h1-5,11H,6-9,13H2. The van der Waals surface area contributed by atoms with E-state index in [0.717, 1.165) is 31.8 Å². The molecule has 4 heteroatoms. The summed E-state index contributed by atoms with van der Waals surface area (Å²) in [5.41, 5.74) is 7.96. The smallest absolute Gasteiger partial charge is 0.136 e. The summed E-state index contributed by atoms with van der Waals surface area (Å²) in [5.74, 6) is 0.704. The third-order valence-electron chi connectivity index (χ3n) is 3.23. The highest BCUT2D eigenvalue weighted by molar-refractivity contribution is 5.41. The number of rotatable bonds is 3. The maximum Gasteiger partial charge on any atom is 0.136 e. The lowest BCUT2D eigenvalue weighted by Crippen LogP contribution is -2.49. The Balaban J connectivity index is 1.70. The summed E-state index contributed by atoms with van der Waals surface area (Å²) < 4.78 is 2.03. The summed E-state index contributed by atoms with van der Waals surface area (Å²) >= 11 is 0. The predicted octanol–water partition coefficient (Wildman–Crippen LogP) is 0.725. The monoisotopic (exact) mass is 216 g/mol. The summed E-state index contributed by atoms with van der Waals surface area (Å²) in [6, 6.07) is 4.31. The summed E-state index contributed by atoms with van der Waals surface area (Å²) in [6.45, 7) is 4.10. The molecule has 0 aliphatic carbocycles. The fourth-order valence-corrected chi connectivity index (χ4v) is 2.26. The first-order chi connectivity index (χ1) is 7.85. The van der Waals surface area contributed by atoms with Gasteiger partial charge in [-0.2, -0.15) is 0 Å². The molecule has 0 radical (unpaired) electrons. The molecule has 1 fully saturated rings. The Bertz CT molecular complexity index is 484. The van der Waals surface area contributed by atoms with Crippen LogP contribution in [-0.4, -0.2) is 33.9 Å². The fourth-order valence-electron chi connectivity index (χ4n) is 2.26. The van der Waals surface area contributed by atoms with Gasteiger partial charge in [-0.3, -0.25) is 4.90 Å². The molecular formula is C12H16N4. The molecule has 1 aliphatic rings. The van der Waals surface area contributed by atoms with Crippen molar-refractivity contribution >= 4 is 5.65 Å². The molecule has 0 saturated carbocycles. The van der Waals surface area contributed by atoms with Crippen molar-refractivity contribution in [3.05, 3.63) is 36.3 Å². The van der Waals surface area contributed by atoms with Gasteiger partial charge < -0.3 is 10.1 Å². The van der Waals surface area contributed by atoms with E-state index in [2.05, 4.69) is 28.2 Å². The van der Waals surface area contributed by atoms with Crippen LogP contribution in [0.5, 0.6) is 0 Å². The summed E-state index contributed by atoms with van der Waals surface area (Å²) in [5, 5.41) is 0. The molecular weight excluding hydrogens is 200 g/mol. The van der Waals surface area contributed by atoms with Gasteiger partial charge >= 0.3 is 0 Å². The van der Waals surface area contributed by atoms with Crippen LogP contribution in [0.25, 0.3) is 5.65 Å². The molecule has 4 nitrogen and oxygen atoms in total. The van der Waals surface area contributed by atoms with E-state index in [-0.39, 0.29) is 0 Å². The van der Waals surface area contributed by atoms with Crippen LogP contribution in [0.15, 0.2) is 30.7 Å². The largest absolute Gasteiger partial charge is 0.330 e. The van der Waals surface area contributed by atoms with Crippen molar-refractivity contribution in [1.82, 2.24) is 14.3 Å². The average molecular weight is 216 g/mol. The van der Waals surface area contributed by atoms with E-state index in [9.17, 15) is 0 Å². The van der Waals surface area contributed by atoms with Gasteiger partial charge in [0.15, 0.2) is 0 Å². The van der Waals surface area contributed by atoms with Crippen LogP contribution >= 0.6 is 0 Å². The van der Waals surface area contributed by atoms with Crippen LogP contribution in [-0.2, 0) is 6.54 Å². The van der Waals surface area contributed by atoms with Crippen molar-refractivity contribution in [2.24, 2.45) is 11.7 Å². The Morgan fingerprint density at radius 1 is 1.38 bits per heavy atom. The molecule has 1 saturated heterocycles. The number of pyridine rings is 1. The number of nitrogens with two attached hydrogens (primary N) is 1. The van der Waals surface area contributed by atoms with Gasteiger partial charge in [-0.05, 0) is 30.2 Å². The van der Waals surface area contributed by atoms with Gasteiger partial charge in [-0.1, -0.05) is 0 Å². The zero-order chi connectivity index (χ0) is 11.0. The number of likely N-dealkylation sites (tertiary alicyclic amines) is 1. The Hall–Kier alpha value is -1.39. The second-order valence-electron chi connectivity index (χ2n) is 4.52. The Labute approximate surface area is 94.7 Å². The number of imidazole rings is 1. The van der Waals surface area contributed by atoms with Crippen molar-refractivity contribution in [3.63, 3.8) is 0 Å². The van der Waals surface area contributed by atoms with Crippen molar-refractivity contribution < 1.29 is 0 Å². The minimum absolute atomic E-state index is 0.704. The number of hydrogen-bond donors (Lipinski definition) is 1. The SMILES string of the molecule is NCC1CN(Cc2ccn3ccnc3c2)C1. The Morgan fingerprint density at radius 3 is 3.06 bits per heavy atom. The van der Waals surface area contributed by atoms with Crippen LogP contribution in [0, 0.1) is 5.92 Å². The van der Waals surface area contributed by atoms with Gasteiger partial charge in [-0.15, -0.1) is 0 Å². The van der Waals surface area contributed by atoms with Crippen LogP contribution in [0.1, 0.15) is 5.56 Å². The number of hydrogen-bond acceptors (Lipinski definition) is 3. The fraction of sp³-hybridized carbons (Fsp3) is 0.417. The van der Waals surface area contributed by atoms with E-state index in [1.54, 1.807) is 0 Å². The minimum Gasteiger partial charge on any atom is -0.330 e. The molecule has 2 aromatic rings. The maximum atomic E-state index is 5.61. The van der Waals surface area contributed by atoms with Crippen LogP contribution in [0.3, 0.4) is 0 Å². The van der Waals surface area contributed by atoms with Crippen LogP contribution in [0.4, 0.5) is 0 Å². The predicted molar refractivity (Wildman–Crippen MR) is 63.0 cm³/mol. The average Bonchev–Trinajstić information content (AvgIpc) is 2.69. The van der Waals surface area contributed by atoms with Crippen molar-refractivity contribution in [1.29, 1.82) is 0 Å². The molecule has 0 aromatic carbocycles. The van der Waals surface area contributed by atoms with Crippen molar-refractivity contribution in [2.45, 2.75) is 6.54 Å². The van der Waals surface area contributed by atoms with Crippen molar-refractivity contribution in [3.8, 4) is 0 Å². The molecule has 0 atom stereocenters. The molecule has 0 bridgehead atoms. The number of aromatic nitrogens is 2. The summed E-state index contributed by atoms with van der Waals surface area (Å²) in [7, 11) is 0. The number of nitrogens with zero attached hydrogens (tertiary/aromatic N) is 3. The molecule has 0 spiro atoms. The molecule has 16 heavy (non-hydrogen) atoms. The van der Waals surface area contributed by atoms with E-state index in [0.29, 0.717) is 5.92 Å². The van der Waals surface area contributed by atoms with E-state index in [4.69, 9.17) is 5.73 Å². The first-order valence-corrected chi connectivity index (χ1v) is 5.69. The lowest BCUT2D eigenvalue weighted by molar-refractivity contribution is 0.0979.